The number of aliphatic hydroxyl groups is 3. The Hall–Kier alpha value is -9.74. The zero-order valence-corrected chi connectivity index (χ0v) is 64.8. The van der Waals surface area contributed by atoms with E-state index in [2.05, 4.69) is 10.6 Å². The summed E-state index contributed by atoms with van der Waals surface area (Å²) < 4.78 is 150. The highest BCUT2D eigenvalue weighted by Gasteiger charge is 2.55. The Balaban J connectivity index is 0.000000160. The molecular formula is C85H87ClF8N6O11S. The summed E-state index contributed by atoms with van der Waals surface area (Å²) in [6.07, 6.45) is -3.99. The number of anilines is 4. The minimum absolute atomic E-state index is 0. The first-order valence-corrected chi connectivity index (χ1v) is 37.3. The summed E-state index contributed by atoms with van der Waals surface area (Å²) in [7, 11) is -0.910. The number of fused-ring (bicyclic) bond motifs is 4. The van der Waals surface area contributed by atoms with Gasteiger partial charge in [-0.2, -0.15) is 8.42 Å². The van der Waals surface area contributed by atoms with Gasteiger partial charge in [0.2, 0.25) is 23.6 Å². The number of para-hydroxylation sites is 4. The number of epoxide rings is 1. The Kier molecular flexibility index (Phi) is 25.4. The molecule has 5 heterocycles. The summed E-state index contributed by atoms with van der Waals surface area (Å²) in [6, 6.07) is 43.0. The van der Waals surface area contributed by atoms with E-state index in [1.807, 2.05) is 0 Å². The Morgan fingerprint density at radius 2 is 0.705 bits per heavy atom. The molecule has 1 fully saturated rings. The van der Waals surface area contributed by atoms with Gasteiger partial charge in [0.25, 0.3) is 10.1 Å². The van der Waals surface area contributed by atoms with Crippen LogP contribution in [0.1, 0.15) is 130 Å². The van der Waals surface area contributed by atoms with Crippen molar-refractivity contribution in [1.29, 1.82) is 0 Å². The van der Waals surface area contributed by atoms with Crippen LogP contribution in [0.4, 0.5) is 57.9 Å². The van der Waals surface area contributed by atoms with Crippen LogP contribution in [-0.2, 0) is 59.9 Å². The van der Waals surface area contributed by atoms with E-state index in [1.54, 1.807) is 155 Å². The molecule has 0 bridgehead atoms. The minimum Gasteiger partial charge on any atom is -0.389 e. The Bertz CT molecular complexity index is 4990. The molecule has 5 aliphatic rings. The van der Waals surface area contributed by atoms with E-state index in [4.69, 9.17) is 8.92 Å². The maximum Gasteiger partial charge on any atom is 0.297 e. The van der Waals surface area contributed by atoms with Gasteiger partial charge in [-0.15, -0.1) is 12.4 Å². The molecule has 4 unspecified atom stereocenters. The topological polar surface area (TPSA) is 222 Å². The number of hydrogen-bond donors (Lipinski definition) is 5. The fraction of sp³-hybridized carbons (Fsp3) is 0.318. The van der Waals surface area contributed by atoms with Gasteiger partial charge in [-0.25, -0.2) is 35.1 Å². The third-order valence-electron chi connectivity index (χ3n) is 20.8. The molecule has 0 spiro atoms. The number of aryl methyl sites for hydroxylation is 1. The SMILES string of the molecule is CC1(C)C(=O)N(C(c2cccc(F)c2)[C@H]2CO2)c2c(F)cccc21.CNC[C@@H](O)C(c1cccc(F)c1)N1C(=O)C(C)(C)c2cccc(F)c21.CNC[C@@H](O)C(c1cccc(F)c1)N1C(=O)C(C)(C)c2cccc(F)c21.Cc1ccc(S(=O)(=O)OC[C@@H](O)C(c2cccc(F)c2)N2C(=O)C(C)(C)c3cccc(F)c32)cc1.Cl. The lowest BCUT2D eigenvalue weighted by atomic mass is 9.86. The first kappa shape index (κ1) is 84.7. The first-order chi connectivity index (χ1) is 52.4. The fourth-order valence-corrected chi connectivity index (χ4v) is 15.9. The molecule has 4 amide bonds. The van der Waals surface area contributed by atoms with Crippen LogP contribution in [0.25, 0.3) is 0 Å². The molecule has 0 aliphatic carbocycles. The lowest BCUT2D eigenvalue weighted by Gasteiger charge is -2.34. The monoisotopic (exact) mass is 1590 g/mol. The second-order valence-electron chi connectivity index (χ2n) is 30.0. The number of likely N-dealkylation sites (N-methyl/N-ethyl adjacent to an activating group) is 2. The lowest BCUT2D eigenvalue weighted by Crippen LogP contribution is -2.45. The normalized spacial score (nSPS) is 18.4. The first-order valence-electron chi connectivity index (χ1n) is 35.9. The maximum atomic E-state index is 15.0. The molecule has 0 radical (unpaired) electrons. The van der Waals surface area contributed by atoms with Gasteiger partial charge < -0.3 is 30.7 Å². The summed E-state index contributed by atoms with van der Waals surface area (Å²) in [6.45, 7) is 15.6. The third-order valence-corrected chi connectivity index (χ3v) is 22.1. The molecule has 0 aromatic heterocycles. The number of carbonyl (C=O) groups excluding carboxylic acids is 4. The summed E-state index contributed by atoms with van der Waals surface area (Å²) in [5, 5.41) is 38.3. The van der Waals surface area contributed by atoms with Gasteiger partial charge in [0.15, 0.2) is 0 Å². The summed E-state index contributed by atoms with van der Waals surface area (Å²) >= 11 is 0. The highest BCUT2D eigenvalue weighted by atomic mass is 35.5. The van der Waals surface area contributed by atoms with Crippen LogP contribution in [-0.4, -0.2) is 112 Å². The zero-order valence-electron chi connectivity index (χ0n) is 63.2. The molecule has 27 heteroatoms. The second-order valence-corrected chi connectivity index (χ2v) is 31.6. The van der Waals surface area contributed by atoms with Gasteiger partial charge >= 0.3 is 0 Å². The van der Waals surface area contributed by atoms with Gasteiger partial charge in [0.05, 0.1) is 98.9 Å². The minimum atomic E-state index is -4.24. The molecule has 1 saturated heterocycles. The number of hydrogen-bond acceptors (Lipinski definition) is 13. The molecule has 9 aromatic rings. The van der Waals surface area contributed by atoms with Crippen LogP contribution in [0.2, 0.25) is 0 Å². The van der Waals surface area contributed by atoms with Crippen LogP contribution < -0.4 is 30.2 Å². The Morgan fingerprint density at radius 1 is 0.429 bits per heavy atom. The summed E-state index contributed by atoms with van der Waals surface area (Å²) in [5.41, 5.74) is 1.28. The van der Waals surface area contributed by atoms with Crippen molar-refractivity contribution in [3.63, 3.8) is 0 Å². The standard InChI is InChI=1S/C26H25F2NO5S.2C20H22F2N2O2.C19H17F2NO2.ClH/c1-16-10-12-19(13-11-16)35(32,33)34-15-22(30)23(17-6-4-7-18(27)14-17)29-24-20(8-5-9-21(24)28)26(2,3)25(29)31;2*1-20(2)14-8-5-9-15(22)18(14)24(19(20)26)17(16(25)11-23-3)12-6-4-7-13(21)10-12;1-19(2)13-7-4-8-14(21)17(13)22(18(19)23)16(15-10-24-15)11-5-3-6-12(20)9-11;/h4-14,22-23,30H,15H2,1-3H3;2*4-10,16-17,23,25H,11H2,1-3H3;3-9,15-16H,10H2,1-2H3;1H/t22-,23?;2*16-,17?;15-,16?;/m1111./s1. The highest BCUT2D eigenvalue weighted by molar-refractivity contribution is 7.86. The van der Waals surface area contributed by atoms with Gasteiger partial charge in [-0.3, -0.25) is 43.0 Å². The van der Waals surface area contributed by atoms with Crippen molar-refractivity contribution in [1.82, 2.24) is 10.6 Å². The van der Waals surface area contributed by atoms with Crippen LogP contribution in [0.3, 0.4) is 0 Å². The number of rotatable bonds is 20. The number of carbonyl (C=O) groups is 4. The van der Waals surface area contributed by atoms with Crippen molar-refractivity contribution >= 4 is 68.9 Å². The van der Waals surface area contributed by atoms with E-state index in [9.17, 15) is 73.6 Å². The van der Waals surface area contributed by atoms with Crippen LogP contribution in [0.5, 0.6) is 0 Å². The zero-order chi connectivity index (χ0) is 80.7. The molecule has 5 N–H and O–H groups in total. The molecule has 0 saturated carbocycles. The van der Waals surface area contributed by atoms with E-state index in [1.165, 1.54) is 124 Å². The van der Waals surface area contributed by atoms with E-state index >= 15 is 4.39 Å². The van der Waals surface area contributed by atoms with Crippen molar-refractivity contribution < 1.29 is 87.0 Å². The Morgan fingerprint density at radius 3 is 1.01 bits per heavy atom. The van der Waals surface area contributed by atoms with E-state index < -0.39 is 133 Å². The van der Waals surface area contributed by atoms with Gasteiger partial charge in [-0.1, -0.05) is 115 Å². The quantitative estimate of drug-likeness (QED) is 0.0273. The number of nitrogens with zero attached hydrogens (tertiary/aromatic N) is 4. The van der Waals surface area contributed by atoms with E-state index in [-0.39, 0.29) is 82.5 Å². The third kappa shape index (κ3) is 16.4. The summed E-state index contributed by atoms with van der Waals surface area (Å²) in [4.78, 5) is 57.9. The van der Waals surface area contributed by atoms with Crippen molar-refractivity contribution in [2.45, 2.75) is 137 Å². The van der Waals surface area contributed by atoms with Crippen molar-refractivity contribution in [2.75, 3.05) is 60.0 Å². The predicted molar refractivity (Wildman–Crippen MR) is 411 cm³/mol. The number of ether oxygens (including phenoxy) is 1. The van der Waals surface area contributed by atoms with Crippen molar-refractivity contribution in [2.24, 2.45) is 0 Å². The molecule has 112 heavy (non-hydrogen) atoms. The summed E-state index contributed by atoms with van der Waals surface area (Å²) in [5.74, 6) is -5.60. The number of halogens is 9. The Labute approximate surface area is 651 Å². The van der Waals surface area contributed by atoms with Gasteiger partial charge in [0, 0.05) is 13.1 Å². The number of amides is 4. The van der Waals surface area contributed by atoms with Crippen molar-refractivity contribution in [3.05, 3.63) is 291 Å². The van der Waals surface area contributed by atoms with Gasteiger partial charge in [0.1, 0.15) is 58.7 Å². The van der Waals surface area contributed by atoms with E-state index in [0.29, 0.717) is 45.6 Å². The number of benzene rings is 9. The number of nitrogens with one attached hydrogen (secondary N) is 2. The molecule has 8 atom stereocenters. The van der Waals surface area contributed by atoms with Crippen LogP contribution >= 0.6 is 12.4 Å². The molecule has 14 rings (SSSR count). The molecule has 5 aliphatic heterocycles. The maximum absolute atomic E-state index is 15.0. The highest BCUT2D eigenvalue weighted by Crippen LogP contribution is 2.53. The second kappa shape index (κ2) is 33.5. The average molecular weight is 1590 g/mol. The van der Waals surface area contributed by atoms with E-state index in [0.717, 1.165) is 16.5 Å². The van der Waals surface area contributed by atoms with Crippen LogP contribution in [0.15, 0.2) is 199 Å². The fourth-order valence-electron chi connectivity index (χ4n) is 15.0. The molecule has 592 valence electrons. The lowest BCUT2D eigenvalue weighted by molar-refractivity contribution is -0.123. The average Bonchev–Trinajstić information content (AvgIpc) is 1.59. The van der Waals surface area contributed by atoms with Gasteiger partial charge in [-0.05, 0) is 206 Å². The largest absolute Gasteiger partial charge is 0.389 e. The molecule has 17 nitrogen and oxygen atoms in total. The predicted octanol–water partition coefficient (Wildman–Crippen LogP) is 14.4. The molecular weight excluding hydrogens is 1500 g/mol. The van der Waals surface area contributed by atoms with Crippen molar-refractivity contribution in [3.8, 4) is 0 Å². The van der Waals surface area contributed by atoms with Crippen LogP contribution in [0, 0.1) is 53.5 Å². The molecule has 9 aromatic carbocycles. The smallest absolute Gasteiger partial charge is 0.297 e. The number of aliphatic hydroxyl groups excluding tert-OH is 3.